The van der Waals surface area contributed by atoms with Crippen LogP contribution in [0.3, 0.4) is 0 Å². The lowest BCUT2D eigenvalue weighted by atomic mass is 10.1. The number of aromatic nitrogens is 4. The highest BCUT2D eigenvalue weighted by atomic mass is 16.2. The van der Waals surface area contributed by atoms with Gasteiger partial charge in [-0.2, -0.15) is 0 Å². The van der Waals surface area contributed by atoms with Gasteiger partial charge in [0, 0.05) is 38.2 Å². The van der Waals surface area contributed by atoms with E-state index in [9.17, 15) is 4.79 Å². The first-order valence-corrected chi connectivity index (χ1v) is 8.06. The van der Waals surface area contributed by atoms with Crippen molar-refractivity contribution in [1.82, 2.24) is 24.6 Å². The van der Waals surface area contributed by atoms with Gasteiger partial charge < -0.3 is 14.5 Å². The molecule has 2 aromatic rings. The number of aryl methyl sites for hydroxylation is 2. The zero-order chi connectivity index (χ0) is 15.1. The third-order valence-electron chi connectivity index (χ3n) is 4.73. The number of carbonyl (C=O) groups excluding carboxylic acids is 1. The Morgan fingerprint density at radius 3 is 2.86 bits per heavy atom. The number of rotatable bonds is 3. The lowest BCUT2D eigenvalue weighted by Gasteiger charge is -2.16. The molecule has 0 spiro atoms. The Bertz CT molecular complexity index is 697. The summed E-state index contributed by atoms with van der Waals surface area (Å²) in [6, 6.07) is 3.95. The molecule has 6 heteroatoms. The van der Waals surface area contributed by atoms with Crippen molar-refractivity contribution in [2.75, 3.05) is 0 Å². The standard InChI is InChI=1S/C16H21N5O/c1-20-9-2-3-13(20)16(22)17-12-6-7-14-18-19-15(11-4-5-11)21(14)10-8-12/h2-3,9,11-12H,4-8,10H2,1H3,(H,17,22). The second-order valence-electron chi connectivity index (χ2n) is 6.40. The van der Waals surface area contributed by atoms with Crippen LogP contribution in [-0.4, -0.2) is 31.3 Å². The fraction of sp³-hybridized carbons (Fsp3) is 0.562. The number of hydrogen-bond donors (Lipinski definition) is 1. The van der Waals surface area contributed by atoms with Gasteiger partial charge in [-0.05, 0) is 37.8 Å². The molecule has 2 aliphatic rings. The van der Waals surface area contributed by atoms with Crippen LogP contribution >= 0.6 is 0 Å². The van der Waals surface area contributed by atoms with Crippen LogP contribution in [0.2, 0.25) is 0 Å². The predicted octanol–water partition coefficient (Wildman–Crippen LogP) is 1.63. The molecule has 2 aromatic heterocycles. The van der Waals surface area contributed by atoms with E-state index in [-0.39, 0.29) is 11.9 Å². The molecule has 6 nitrogen and oxygen atoms in total. The largest absolute Gasteiger partial charge is 0.348 e. The zero-order valence-electron chi connectivity index (χ0n) is 12.8. The van der Waals surface area contributed by atoms with E-state index in [2.05, 4.69) is 20.1 Å². The van der Waals surface area contributed by atoms with Crippen molar-refractivity contribution >= 4 is 5.91 Å². The van der Waals surface area contributed by atoms with Crippen LogP contribution in [0, 0.1) is 0 Å². The van der Waals surface area contributed by atoms with E-state index in [0.717, 1.165) is 37.5 Å². The summed E-state index contributed by atoms with van der Waals surface area (Å²) in [7, 11) is 1.89. The molecule has 1 atom stereocenters. The summed E-state index contributed by atoms with van der Waals surface area (Å²) in [5.41, 5.74) is 0.710. The molecule has 22 heavy (non-hydrogen) atoms. The van der Waals surface area contributed by atoms with E-state index in [4.69, 9.17) is 0 Å². The third-order valence-corrected chi connectivity index (χ3v) is 4.73. The Morgan fingerprint density at radius 2 is 2.14 bits per heavy atom. The molecule has 1 amide bonds. The van der Waals surface area contributed by atoms with Gasteiger partial charge in [-0.3, -0.25) is 4.79 Å². The van der Waals surface area contributed by atoms with E-state index in [0.29, 0.717) is 11.6 Å². The molecule has 0 aromatic carbocycles. The van der Waals surface area contributed by atoms with Gasteiger partial charge in [0.2, 0.25) is 0 Å². The molecular weight excluding hydrogens is 278 g/mol. The van der Waals surface area contributed by atoms with E-state index in [1.165, 1.54) is 12.8 Å². The Balaban J connectivity index is 1.44. The maximum atomic E-state index is 12.3. The fourth-order valence-electron chi connectivity index (χ4n) is 3.25. The van der Waals surface area contributed by atoms with E-state index in [1.54, 1.807) is 0 Å². The SMILES string of the molecule is Cn1cccc1C(=O)NC1CCc2nnc(C3CC3)n2CC1. The highest BCUT2D eigenvalue weighted by Gasteiger charge is 2.31. The second kappa shape index (κ2) is 5.26. The monoisotopic (exact) mass is 299 g/mol. The number of carbonyl (C=O) groups is 1. The quantitative estimate of drug-likeness (QED) is 0.937. The average molecular weight is 299 g/mol. The summed E-state index contributed by atoms with van der Waals surface area (Å²) in [4.78, 5) is 12.3. The topological polar surface area (TPSA) is 64.7 Å². The van der Waals surface area contributed by atoms with Gasteiger partial charge >= 0.3 is 0 Å². The van der Waals surface area contributed by atoms with E-state index < -0.39 is 0 Å². The number of nitrogens with one attached hydrogen (secondary N) is 1. The average Bonchev–Trinajstić information content (AvgIpc) is 3.19. The molecule has 1 N–H and O–H groups in total. The van der Waals surface area contributed by atoms with Crippen molar-refractivity contribution in [2.24, 2.45) is 7.05 Å². The van der Waals surface area contributed by atoms with Crippen molar-refractivity contribution in [1.29, 1.82) is 0 Å². The minimum absolute atomic E-state index is 0.0116. The maximum Gasteiger partial charge on any atom is 0.268 e. The fourth-order valence-corrected chi connectivity index (χ4v) is 3.25. The molecule has 4 rings (SSSR count). The van der Waals surface area contributed by atoms with Crippen LogP contribution in [0.4, 0.5) is 0 Å². The smallest absolute Gasteiger partial charge is 0.268 e. The van der Waals surface area contributed by atoms with Gasteiger partial charge in [-0.1, -0.05) is 0 Å². The van der Waals surface area contributed by atoms with Crippen LogP contribution in [0.25, 0.3) is 0 Å². The summed E-state index contributed by atoms with van der Waals surface area (Å²) < 4.78 is 4.14. The molecule has 1 aliphatic heterocycles. The highest BCUT2D eigenvalue weighted by molar-refractivity contribution is 5.92. The molecule has 1 aliphatic carbocycles. The van der Waals surface area contributed by atoms with Crippen LogP contribution in [-0.2, 0) is 20.0 Å². The Labute approximate surface area is 129 Å². The van der Waals surface area contributed by atoms with Gasteiger partial charge in [-0.25, -0.2) is 0 Å². The molecule has 1 saturated carbocycles. The summed E-state index contributed by atoms with van der Waals surface area (Å²) >= 11 is 0. The highest BCUT2D eigenvalue weighted by Crippen LogP contribution is 2.39. The molecule has 1 unspecified atom stereocenters. The van der Waals surface area contributed by atoms with Gasteiger partial charge in [0.15, 0.2) is 0 Å². The van der Waals surface area contributed by atoms with Crippen LogP contribution in [0.15, 0.2) is 18.3 Å². The molecule has 116 valence electrons. The second-order valence-corrected chi connectivity index (χ2v) is 6.40. The first-order chi connectivity index (χ1) is 10.7. The lowest BCUT2D eigenvalue weighted by Crippen LogP contribution is -2.36. The molecule has 3 heterocycles. The molecule has 1 fully saturated rings. The third kappa shape index (κ3) is 2.42. The van der Waals surface area contributed by atoms with E-state index >= 15 is 0 Å². The van der Waals surface area contributed by atoms with Crippen molar-refractivity contribution in [2.45, 2.75) is 50.6 Å². The van der Waals surface area contributed by atoms with Gasteiger partial charge in [0.1, 0.15) is 17.3 Å². The number of hydrogen-bond acceptors (Lipinski definition) is 3. The van der Waals surface area contributed by atoms with Crippen molar-refractivity contribution < 1.29 is 4.79 Å². The first-order valence-electron chi connectivity index (χ1n) is 8.06. The summed E-state index contributed by atoms with van der Waals surface area (Å²) in [6.45, 7) is 0.909. The normalized spacial score (nSPS) is 21.2. The van der Waals surface area contributed by atoms with Gasteiger partial charge in [-0.15, -0.1) is 10.2 Å². The van der Waals surface area contributed by atoms with Crippen LogP contribution in [0.5, 0.6) is 0 Å². The maximum absolute atomic E-state index is 12.3. The Hall–Kier alpha value is -2.11. The van der Waals surface area contributed by atoms with Crippen LogP contribution in [0.1, 0.15) is 53.7 Å². The van der Waals surface area contributed by atoms with Gasteiger partial charge in [0.05, 0.1) is 0 Å². The van der Waals surface area contributed by atoms with Crippen molar-refractivity contribution in [3.63, 3.8) is 0 Å². The summed E-state index contributed by atoms with van der Waals surface area (Å²) in [6.07, 6.45) is 7.14. The zero-order valence-corrected chi connectivity index (χ0v) is 12.8. The van der Waals surface area contributed by atoms with E-state index in [1.807, 2.05) is 29.9 Å². The van der Waals surface area contributed by atoms with Crippen molar-refractivity contribution in [3.8, 4) is 0 Å². The number of fused-ring (bicyclic) bond motifs is 1. The number of nitrogens with zero attached hydrogens (tertiary/aromatic N) is 4. The van der Waals surface area contributed by atoms with Gasteiger partial charge in [0.25, 0.3) is 5.91 Å². The Morgan fingerprint density at radius 1 is 1.27 bits per heavy atom. The van der Waals surface area contributed by atoms with Crippen molar-refractivity contribution in [3.05, 3.63) is 35.7 Å². The Kier molecular flexibility index (Phi) is 3.24. The predicted molar refractivity (Wildman–Crippen MR) is 81.6 cm³/mol. The summed E-state index contributed by atoms with van der Waals surface area (Å²) in [5, 5.41) is 11.9. The minimum Gasteiger partial charge on any atom is -0.348 e. The van der Waals surface area contributed by atoms with Crippen LogP contribution < -0.4 is 5.32 Å². The summed E-state index contributed by atoms with van der Waals surface area (Å²) in [5.74, 6) is 2.87. The molecule has 0 radical (unpaired) electrons. The molecule has 0 bridgehead atoms. The molecule has 0 saturated heterocycles. The lowest BCUT2D eigenvalue weighted by molar-refractivity contribution is 0.0924. The molecular formula is C16H21N5O. The minimum atomic E-state index is 0.0116. The number of amides is 1. The first kappa shape index (κ1) is 13.5.